The lowest BCUT2D eigenvalue weighted by atomic mass is 10.2. The van der Waals surface area contributed by atoms with Gasteiger partial charge in [0.25, 0.3) is 10.1 Å². The van der Waals surface area contributed by atoms with Gasteiger partial charge in [0.1, 0.15) is 12.2 Å². The lowest BCUT2D eigenvalue weighted by Crippen LogP contribution is -2.19. The summed E-state index contributed by atoms with van der Waals surface area (Å²) in [6.07, 6.45) is 0. The zero-order valence-corrected chi connectivity index (χ0v) is 12.4. The van der Waals surface area contributed by atoms with Crippen LogP contribution < -0.4 is 0 Å². The zero-order valence-electron chi connectivity index (χ0n) is 11.6. The summed E-state index contributed by atoms with van der Waals surface area (Å²) in [5.41, 5.74) is 0.335. The smallest absolute Gasteiger partial charge is 0.374 e. The number of esters is 1. The topological polar surface area (TPSA) is 97.0 Å². The lowest BCUT2D eigenvalue weighted by Gasteiger charge is -2.08. The Bertz CT molecular complexity index is 762. The van der Waals surface area contributed by atoms with Crippen molar-refractivity contribution in [2.45, 2.75) is 4.90 Å². The van der Waals surface area contributed by atoms with Crippen molar-refractivity contribution < 1.29 is 26.9 Å². The minimum atomic E-state index is -4.29. The molecule has 0 saturated carbocycles. The van der Waals surface area contributed by atoms with Gasteiger partial charge in [-0.3, -0.25) is 4.55 Å². The molecule has 2 aromatic rings. The van der Waals surface area contributed by atoms with Crippen molar-refractivity contribution in [1.82, 2.24) is 4.90 Å². The molecule has 0 bridgehead atoms. The fourth-order valence-corrected chi connectivity index (χ4v) is 2.19. The van der Waals surface area contributed by atoms with Crippen LogP contribution in [-0.2, 0) is 14.9 Å². The third kappa shape index (κ3) is 3.81. The Balaban J connectivity index is 2.21. The number of carbonyl (C=O) groups excluding carboxylic acids is 1. The summed E-state index contributed by atoms with van der Waals surface area (Å²) in [4.78, 5) is 13.4. The largest absolute Gasteiger partial charge is 0.458 e. The minimum Gasteiger partial charge on any atom is -0.458 e. The molecule has 8 heteroatoms. The first-order valence-electron chi connectivity index (χ1n) is 6.10. The molecule has 0 aliphatic carbocycles. The molecule has 0 spiro atoms. The summed E-state index contributed by atoms with van der Waals surface area (Å²) in [7, 11) is -0.586. The molecule has 0 atom stereocenters. The Morgan fingerprint density at radius 1 is 1.33 bits per heavy atom. The number of furan rings is 1. The Morgan fingerprint density at radius 2 is 2.05 bits per heavy atom. The maximum absolute atomic E-state index is 11.8. The number of likely N-dealkylation sites (N-methyl/N-ethyl adjacent to an activating group) is 1. The molecule has 0 saturated heterocycles. The molecule has 1 N–H and O–H groups in total. The highest BCUT2D eigenvalue weighted by molar-refractivity contribution is 7.85. The van der Waals surface area contributed by atoms with E-state index in [-0.39, 0.29) is 17.3 Å². The summed E-state index contributed by atoms with van der Waals surface area (Å²) in [6.45, 7) is 0.804. The first-order chi connectivity index (χ1) is 9.77. The summed E-state index contributed by atoms with van der Waals surface area (Å²) >= 11 is 0. The van der Waals surface area contributed by atoms with Crippen LogP contribution >= 0.6 is 0 Å². The number of nitrogens with zero attached hydrogens (tertiary/aromatic N) is 1. The van der Waals surface area contributed by atoms with Crippen LogP contribution in [0.2, 0.25) is 0 Å². The van der Waals surface area contributed by atoms with Gasteiger partial charge in [0.2, 0.25) is 5.76 Å². The van der Waals surface area contributed by atoms with E-state index in [1.165, 1.54) is 24.3 Å². The van der Waals surface area contributed by atoms with E-state index in [1.54, 1.807) is 0 Å². The SMILES string of the molecule is CN(C)CCOC(=O)c1cc2cc(S(=O)(=O)O)ccc2o1. The van der Waals surface area contributed by atoms with E-state index in [0.717, 1.165) is 0 Å². The number of hydrogen-bond donors (Lipinski definition) is 1. The molecule has 0 radical (unpaired) electrons. The van der Waals surface area contributed by atoms with Gasteiger partial charge in [-0.2, -0.15) is 8.42 Å². The van der Waals surface area contributed by atoms with Gasteiger partial charge in [-0.25, -0.2) is 4.79 Å². The van der Waals surface area contributed by atoms with Gasteiger partial charge in [-0.1, -0.05) is 0 Å². The van der Waals surface area contributed by atoms with Crippen molar-refractivity contribution >= 4 is 27.1 Å². The first-order valence-corrected chi connectivity index (χ1v) is 7.54. The van der Waals surface area contributed by atoms with Gasteiger partial charge < -0.3 is 14.1 Å². The second-order valence-corrected chi connectivity index (χ2v) is 6.15. The molecule has 0 unspecified atom stereocenters. The van der Waals surface area contributed by atoms with Gasteiger partial charge in [0, 0.05) is 11.9 Å². The third-order valence-corrected chi connectivity index (χ3v) is 3.61. The maximum atomic E-state index is 11.8. The predicted octanol–water partition coefficient (Wildman–Crippen LogP) is 1.40. The highest BCUT2D eigenvalue weighted by atomic mass is 32.2. The summed E-state index contributed by atoms with van der Waals surface area (Å²) in [5, 5.41) is 0.393. The third-order valence-electron chi connectivity index (χ3n) is 2.76. The lowest BCUT2D eigenvalue weighted by molar-refractivity contribution is 0.0448. The van der Waals surface area contributed by atoms with Crippen LogP contribution in [0.3, 0.4) is 0 Å². The number of fused-ring (bicyclic) bond motifs is 1. The average Bonchev–Trinajstić information content (AvgIpc) is 2.79. The Labute approximate surface area is 121 Å². The van der Waals surface area contributed by atoms with Crippen LogP contribution in [0.15, 0.2) is 33.6 Å². The highest BCUT2D eigenvalue weighted by Crippen LogP contribution is 2.23. The highest BCUT2D eigenvalue weighted by Gasteiger charge is 2.16. The fraction of sp³-hybridized carbons (Fsp3) is 0.308. The van der Waals surface area contributed by atoms with Gasteiger partial charge in [-0.05, 0) is 38.4 Å². The van der Waals surface area contributed by atoms with Crippen LogP contribution in [0.1, 0.15) is 10.6 Å². The molecule has 0 aliphatic heterocycles. The molecule has 114 valence electrons. The van der Waals surface area contributed by atoms with Crippen molar-refractivity contribution in [3.63, 3.8) is 0 Å². The number of carbonyl (C=O) groups is 1. The van der Waals surface area contributed by atoms with E-state index in [9.17, 15) is 13.2 Å². The van der Waals surface area contributed by atoms with Crippen LogP contribution in [-0.4, -0.2) is 51.1 Å². The van der Waals surface area contributed by atoms with Crippen molar-refractivity contribution in [2.24, 2.45) is 0 Å². The van der Waals surface area contributed by atoms with Gasteiger partial charge >= 0.3 is 5.97 Å². The van der Waals surface area contributed by atoms with E-state index in [1.807, 2.05) is 19.0 Å². The Hall–Kier alpha value is -1.90. The Morgan fingerprint density at radius 3 is 2.67 bits per heavy atom. The fourth-order valence-electron chi connectivity index (χ4n) is 1.67. The molecular formula is C13H15NO6S. The molecular weight excluding hydrogens is 298 g/mol. The molecule has 0 aliphatic rings. The van der Waals surface area contributed by atoms with E-state index in [2.05, 4.69) is 0 Å². The summed E-state index contributed by atoms with van der Waals surface area (Å²) < 4.78 is 41.4. The molecule has 1 heterocycles. The average molecular weight is 313 g/mol. The van der Waals surface area contributed by atoms with Gasteiger partial charge in [-0.15, -0.1) is 0 Å². The van der Waals surface area contributed by atoms with Gasteiger partial charge in [0.05, 0.1) is 4.90 Å². The van der Waals surface area contributed by atoms with Crippen molar-refractivity contribution in [1.29, 1.82) is 0 Å². The molecule has 0 amide bonds. The molecule has 7 nitrogen and oxygen atoms in total. The van der Waals surface area contributed by atoms with E-state index in [0.29, 0.717) is 17.5 Å². The zero-order chi connectivity index (χ0) is 15.6. The molecule has 1 aromatic heterocycles. The Kier molecular flexibility index (Phi) is 4.31. The standard InChI is InChI=1S/C13H15NO6S/c1-14(2)5-6-19-13(15)12-8-9-7-10(21(16,17)18)3-4-11(9)20-12/h3-4,7-8H,5-6H2,1-2H3,(H,16,17,18). The van der Waals surface area contributed by atoms with Crippen molar-refractivity contribution in [3.05, 3.63) is 30.0 Å². The minimum absolute atomic E-state index is 0.0174. The number of benzene rings is 1. The summed E-state index contributed by atoms with van der Waals surface area (Å²) in [6, 6.07) is 5.17. The maximum Gasteiger partial charge on any atom is 0.374 e. The number of hydrogen-bond acceptors (Lipinski definition) is 6. The van der Waals surface area contributed by atoms with Crippen molar-refractivity contribution in [3.8, 4) is 0 Å². The molecule has 0 fully saturated rings. The van der Waals surface area contributed by atoms with E-state index in [4.69, 9.17) is 13.7 Å². The van der Waals surface area contributed by atoms with Crippen LogP contribution in [0, 0.1) is 0 Å². The van der Waals surface area contributed by atoms with E-state index < -0.39 is 16.1 Å². The van der Waals surface area contributed by atoms with Crippen LogP contribution in [0.5, 0.6) is 0 Å². The normalized spacial score (nSPS) is 12.0. The van der Waals surface area contributed by atoms with Crippen LogP contribution in [0.25, 0.3) is 11.0 Å². The van der Waals surface area contributed by atoms with Crippen LogP contribution in [0.4, 0.5) is 0 Å². The van der Waals surface area contributed by atoms with Gasteiger partial charge in [0.15, 0.2) is 0 Å². The number of ether oxygens (including phenoxy) is 1. The number of rotatable bonds is 5. The monoisotopic (exact) mass is 313 g/mol. The quantitative estimate of drug-likeness (QED) is 0.658. The molecule has 1 aromatic carbocycles. The van der Waals surface area contributed by atoms with Crippen molar-refractivity contribution in [2.75, 3.05) is 27.2 Å². The molecule has 21 heavy (non-hydrogen) atoms. The first kappa shape index (κ1) is 15.5. The molecule has 2 rings (SSSR count). The summed E-state index contributed by atoms with van der Waals surface area (Å²) in [5.74, 6) is -0.641. The van der Waals surface area contributed by atoms with E-state index >= 15 is 0 Å². The predicted molar refractivity (Wildman–Crippen MR) is 74.9 cm³/mol. The second-order valence-electron chi connectivity index (χ2n) is 4.72. The second kappa shape index (κ2) is 5.84.